The predicted octanol–water partition coefficient (Wildman–Crippen LogP) is 4.63. The van der Waals surface area contributed by atoms with Crippen molar-refractivity contribution in [2.45, 2.75) is 32.5 Å². The summed E-state index contributed by atoms with van der Waals surface area (Å²) in [4.78, 5) is 16.8. The van der Waals surface area contributed by atoms with Crippen molar-refractivity contribution in [1.29, 1.82) is 0 Å². The normalized spacial score (nSPS) is 20.2. The molecule has 1 fully saturated rings. The number of hydrogen-bond acceptors (Lipinski definition) is 3. The highest BCUT2D eigenvalue weighted by Gasteiger charge is 2.32. The predicted molar refractivity (Wildman–Crippen MR) is 109 cm³/mol. The van der Waals surface area contributed by atoms with Crippen LogP contribution >= 0.6 is 23.2 Å². The Balaban J connectivity index is 1.57. The lowest BCUT2D eigenvalue weighted by molar-refractivity contribution is -0.139. The molecule has 0 unspecified atom stereocenters. The van der Waals surface area contributed by atoms with Gasteiger partial charge in [0.15, 0.2) is 6.61 Å². The largest absolute Gasteiger partial charge is 0.482 e. The van der Waals surface area contributed by atoms with Gasteiger partial charge in [0, 0.05) is 36.7 Å². The molecule has 0 spiro atoms. The number of piperazine rings is 1. The fourth-order valence-electron chi connectivity index (χ4n) is 3.40. The first-order chi connectivity index (χ1) is 13.3. The summed E-state index contributed by atoms with van der Waals surface area (Å²) in [5.74, 6) is 0.128. The van der Waals surface area contributed by atoms with E-state index in [1.54, 1.807) is 30.3 Å². The van der Waals surface area contributed by atoms with E-state index in [0.717, 1.165) is 18.7 Å². The third-order valence-electron chi connectivity index (χ3n) is 4.98. The van der Waals surface area contributed by atoms with E-state index in [2.05, 4.69) is 11.8 Å². The van der Waals surface area contributed by atoms with Gasteiger partial charge >= 0.3 is 0 Å². The lowest BCUT2D eigenvalue weighted by Gasteiger charge is -2.44. The van der Waals surface area contributed by atoms with Gasteiger partial charge in [-0.3, -0.25) is 9.69 Å². The Morgan fingerprint density at radius 3 is 2.50 bits per heavy atom. The van der Waals surface area contributed by atoms with Crippen LogP contribution in [0.15, 0.2) is 42.5 Å². The van der Waals surface area contributed by atoms with Crippen LogP contribution in [0.25, 0.3) is 0 Å². The van der Waals surface area contributed by atoms with Gasteiger partial charge in [-0.1, -0.05) is 35.3 Å². The van der Waals surface area contributed by atoms with E-state index >= 15 is 0 Å². The molecule has 0 saturated carbocycles. The number of halogens is 3. The van der Waals surface area contributed by atoms with E-state index < -0.39 is 0 Å². The van der Waals surface area contributed by atoms with Gasteiger partial charge in [-0.2, -0.15) is 0 Å². The van der Waals surface area contributed by atoms with Gasteiger partial charge in [0.05, 0.1) is 5.02 Å². The van der Waals surface area contributed by atoms with Crippen LogP contribution < -0.4 is 4.74 Å². The summed E-state index contributed by atoms with van der Waals surface area (Å²) < 4.78 is 18.7. The highest BCUT2D eigenvalue weighted by Crippen LogP contribution is 2.27. The number of carbonyl (C=O) groups excluding carboxylic acids is 1. The van der Waals surface area contributed by atoms with Gasteiger partial charge in [-0.15, -0.1) is 0 Å². The first-order valence-electron chi connectivity index (χ1n) is 9.19. The van der Waals surface area contributed by atoms with Crippen LogP contribution in [0.1, 0.15) is 19.4 Å². The molecule has 0 bridgehead atoms. The average Bonchev–Trinajstić information content (AvgIpc) is 2.65. The molecule has 0 aromatic heterocycles. The molecule has 4 nitrogen and oxygen atoms in total. The molecule has 0 N–H and O–H groups in total. The van der Waals surface area contributed by atoms with Crippen LogP contribution in [-0.4, -0.2) is 47.5 Å². The molecular weight excluding hydrogens is 402 g/mol. The minimum Gasteiger partial charge on any atom is -0.482 e. The van der Waals surface area contributed by atoms with E-state index in [1.165, 1.54) is 12.1 Å². The fraction of sp³-hybridized carbons (Fsp3) is 0.381. The Kier molecular flexibility index (Phi) is 6.81. The number of benzene rings is 2. The highest BCUT2D eigenvalue weighted by molar-refractivity contribution is 6.35. The first kappa shape index (κ1) is 20.9. The molecule has 1 amide bonds. The van der Waals surface area contributed by atoms with Crippen molar-refractivity contribution in [2.24, 2.45) is 0 Å². The molecule has 2 atom stereocenters. The molecular formula is C21H23Cl2FN2O2. The van der Waals surface area contributed by atoms with Crippen LogP contribution in [0.5, 0.6) is 5.75 Å². The smallest absolute Gasteiger partial charge is 0.260 e. The SMILES string of the molecule is C[C@@H]1CN(C(=O)COc2ccc(Cl)cc2Cl)[C@@H](C)CN1Cc1ccc(F)cc1. The van der Waals surface area contributed by atoms with Crippen molar-refractivity contribution in [3.63, 3.8) is 0 Å². The van der Waals surface area contributed by atoms with Crippen molar-refractivity contribution < 1.29 is 13.9 Å². The van der Waals surface area contributed by atoms with Crippen molar-refractivity contribution in [2.75, 3.05) is 19.7 Å². The van der Waals surface area contributed by atoms with Crippen LogP contribution in [-0.2, 0) is 11.3 Å². The van der Waals surface area contributed by atoms with E-state index in [0.29, 0.717) is 22.3 Å². The van der Waals surface area contributed by atoms with Crippen molar-refractivity contribution >= 4 is 29.1 Å². The fourth-order valence-corrected chi connectivity index (χ4v) is 3.87. The summed E-state index contributed by atoms with van der Waals surface area (Å²) in [6, 6.07) is 11.7. The zero-order valence-electron chi connectivity index (χ0n) is 15.9. The summed E-state index contributed by atoms with van der Waals surface area (Å²) in [5.41, 5.74) is 1.06. The topological polar surface area (TPSA) is 32.8 Å². The minimum atomic E-state index is -0.235. The van der Waals surface area contributed by atoms with Crippen LogP contribution in [0.3, 0.4) is 0 Å². The lowest BCUT2D eigenvalue weighted by Crippen LogP contribution is -2.58. The van der Waals surface area contributed by atoms with Gasteiger partial charge in [-0.05, 0) is 49.7 Å². The quantitative estimate of drug-likeness (QED) is 0.700. The van der Waals surface area contributed by atoms with E-state index in [9.17, 15) is 9.18 Å². The van der Waals surface area contributed by atoms with Crippen LogP contribution in [0.4, 0.5) is 4.39 Å². The van der Waals surface area contributed by atoms with Gasteiger partial charge < -0.3 is 9.64 Å². The maximum Gasteiger partial charge on any atom is 0.260 e. The highest BCUT2D eigenvalue weighted by atomic mass is 35.5. The second-order valence-corrected chi connectivity index (χ2v) is 8.01. The van der Waals surface area contributed by atoms with Crippen molar-refractivity contribution in [3.8, 4) is 5.75 Å². The Hall–Kier alpha value is -1.82. The second-order valence-electron chi connectivity index (χ2n) is 7.16. The monoisotopic (exact) mass is 424 g/mol. The van der Waals surface area contributed by atoms with Gasteiger partial charge in [-0.25, -0.2) is 4.39 Å². The Labute approximate surface area is 174 Å². The minimum absolute atomic E-state index is 0.0495. The summed E-state index contributed by atoms with van der Waals surface area (Å²) in [6.45, 7) is 6.12. The zero-order valence-corrected chi connectivity index (χ0v) is 17.4. The maximum absolute atomic E-state index is 13.1. The van der Waals surface area contributed by atoms with Crippen LogP contribution in [0.2, 0.25) is 10.0 Å². The van der Waals surface area contributed by atoms with Gasteiger partial charge in [0.1, 0.15) is 11.6 Å². The Morgan fingerprint density at radius 1 is 1.11 bits per heavy atom. The Bertz CT molecular complexity index is 832. The molecule has 7 heteroatoms. The molecule has 28 heavy (non-hydrogen) atoms. The van der Waals surface area contributed by atoms with E-state index in [-0.39, 0.29) is 30.4 Å². The summed E-state index contributed by atoms with van der Waals surface area (Å²) in [6.07, 6.45) is 0. The molecule has 3 rings (SSSR count). The van der Waals surface area contributed by atoms with Crippen molar-refractivity contribution in [3.05, 3.63) is 63.9 Å². The number of ether oxygens (including phenoxy) is 1. The van der Waals surface area contributed by atoms with Crippen molar-refractivity contribution in [1.82, 2.24) is 9.80 Å². The molecule has 1 aliphatic rings. The number of carbonyl (C=O) groups is 1. The zero-order chi connectivity index (χ0) is 20.3. The number of hydrogen-bond donors (Lipinski definition) is 0. The molecule has 1 saturated heterocycles. The van der Waals surface area contributed by atoms with E-state index in [1.807, 2.05) is 11.8 Å². The third kappa shape index (κ3) is 5.16. The molecule has 0 radical (unpaired) electrons. The molecule has 1 heterocycles. The average molecular weight is 425 g/mol. The second kappa shape index (κ2) is 9.12. The summed E-state index contributed by atoms with van der Waals surface area (Å²) >= 11 is 12.0. The third-order valence-corrected chi connectivity index (χ3v) is 5.51. The molecule has 2 aromatic rings. The van der Waals surface area contributed by atoms with Crippen LogP contribution in [0, 0.1) is 5.82 Å². The lowest BCUT2D eigenvalue weighted by atomic mass is 10.1. The number of nitrogens with zero attached hydrogens (tertiary/aromatic N) is 2. The maximum atomic E-state index is 13.1. The van der Waals surface area contributed by atoms with E-state index in [4.69, 9.17) is 27.9 Å². The Morgan fingerprint density at radius 2 is 1.82 bits per heavy atom. The summed E-state index contributed by atoms with van der Waals surface area (Å²) in [5, 5.41) is 0.897. The molecule has 150 valence electrons. The first-order valence-corrected chi connectivity index (χ1v) is 9.95. The standard InChI is InChI=1S/C21H23Cl2FN2O2/c1-14-11-26(21(27)13-28-20-8-5-17(22)9-19(20)23)15(2)10-25(14)12-16-3-6-18(24)7-4-16/h3-9,14-15H,10-13H2,1-2H3/t14-,15+/m1/s1. The van der Waals surface area contributed by atoms with Gasteiger partial charge in [0.25, 0.3) is 5.91 Å². The summed E-state index contributed by atoms with van der Waals surface area (Å²) in [7, 11) is 0. The molecule has 1 aliphatic heterocycles. The number of amides is 1. The number of rotatable bonds is 5. The van der Waals surface area contributed by atoms with Gasteiger partial charge in [0.2, 0.25) is 0 Å². The molecule has 2 aromatic carbocycles. The molecule has 0 aliphatic carbocycles.